The number of carbonyl (C=O) groups is 1. The predicted octanol–water partition coefficient (Wildman–Crippen LogP) is 2.96. The van der Waals surface area contributed by atoms with Crippen LogP contribution < -0.4 is 21.7 Å². The van der Waals surface area contributed by atoms with Gasteiger partial charge in [0.25, 0.3) is 5.91 Å². The van der Waals surface area contributed by atoms with Crippen molar-refractivity contribution in [3.05, 3.63) is 35.9 Å². The summed E-state index contributed by atoms with van der Waals surface area (Å²) in [7, 11) is 3.76. The van der Waals surface area contributed by atoms with Crippen LogP contribution in [0.5, 0.6) is 0 Å². The number of rotatable bonds is 6. The van der Waals surface area contributed by atoms with Gasteiger partial charge in [-0.15, -0.1) is 0 Å². The van der Waals surface area contributed by atoms with E-state index in [1.807, 2.05) is 30.9 Å². The summed E-state index contributed by atoms with van der Waals surface area (Å²) in [5, 5.41) is 9.61. The fraction of sp³-hybridized carbons (Fsp3) is 0.500. The molecule has 0 unspecified atom stereocenters. The molecular formula is C20H30N6O. The third kappa shape index (κ3) is 4.53. The molecule has 1 aromatic heterocycles. The third-order valence-electron chi connectivity index (χ3n) is 5.41. The smallest absolute Gasteiger partial charge is 0.253 e. The Morgan fingerprint density at radius 2 is 2.00 bits per heavy atom. The van der Waals surface area contributed by atoms with E-state index in [1.165, 1.54) is 0 Å². The summed E-state index contributed by atoms with van der Waals surface area (Å²) in [6.45, 7) is 2.80. The van der Waals surface area contributed by atoms with Crippen molar-refractivity contribution in [3.63, 3.8) is 0 Å². The van der Waals surface area contributed by atoms with Crippen LogP contribution in [0.4, 0.5) is 17.1 Å². The highest BCUT2D eigenvalue weighted by atomic mass is 16.1. The maximum atomic E-state index is 12.9. The number of nitrogens with zero attached hydrogens (tertiary/aromatic N) is 2. The number of hydrogen-bond acceptors (Lipinski definition) is 5. The first-order valence-electron chi connectivity index (χ1n) is 9.60. The quantitative estimate of drug-likeness (QED) is 0.586. The van der Waals surface area contributed by atoms with E-state index in [4.69, 9.17) is 5.73 Å². The van der Waals surface area contributed by atoms with E-state index in [9.17, 15) is 4.79 Å². The van der Waals surface area contributed by atoms with Gasteiger partial charge in [0.1, 0.15) is 5.82 Å². The normalized spacial score (nSPS) is 19.5. The van der Waals surface area contributed by atoms with Crippen LogP contribution in [0.3, 0.4) is 0 Å². The second-order valence-corrected chi connectivity index (χ2v) is 7.47. The third-order valence-corrected chi connectivity index (χ3v) is 5.41. The van der Waals surface area contributed by atoms with Crippen molar-refractivity contribution in [2.75, 3.05) is 23.4 Å². The van der Waals surface area contributed by atoms with Gasteiger partial charge in [-0.2, -0.15) is 0 Å². The van der Waals surface area contributed by atoms with Crippen LogP contribution in [0.15, 0.2) is 24.5 Å². The van der Waals surface area contributed by atoms with Gasteiger partial charge < -0.3 is 26.3 Å². The van der Waals surface area contributed by atoms with Gasteiger partial charge in [-0.3, -0.25) is 4.79 Å². The Balaban J connectivity index is 1.78. The van der Waals surface area contributed by atoms with Crippen molar-refractivity contribution in [1.29, 1.82) is 0 Å². The van der Waals surface area contributed by atoms with Crippen LogP contribution >= 0.6 is 0 Å². The van der Waals surface area contributed by atoms with Gasteiger partial charge in [0.05, 0.1) is 23.5 Å². The second kappa shape index (κ2) is 8.33. The molecule has 0 radical (unpaired) electrons. The number of benzene rings is 1. The average molecular weight is 371 g/mol. The van der Waals surface area contributed by atoms with Crippen molar-refractivity contribution in [3.8, 4) is 0 Å². The molecule has 1 aliphatic rings. The van der Waals surface area contributed by atoms with E-state index in [0.29, 0.717) is 17.8 Å². The minimum Gasteiger partial charge on any atom is -0.397 e. The van der Waals surface area contributed by atoms with Gasteiger partial charge in [-0.1, -0.05) is 6.92 Å². The molecule has 0 spiro atoms. The first-order chi connectivity index (χ1) is 13.0. The molecule has 1 saturated carbocycles. The lowest BCUT2D eigenvalue weighted by Gasteiger charge is -2.27. The molecule has 7 heteroatoms. The van der Waals surface area contributed by atoms with Crippen LogP contribution in [0.1, 0.15) is 48.8 Å². The van der Waals surface area contributed by atoms with Gasteiger partial charge in [0.15, 0.2) is 0 Å². The molecule has 3 rings (SSSR count). The van der Waals surface area contributed by atoms with Crippen LogP contribution in [0, 0.1) is 5.92 Å². The molecule has 2 aromatic rings. The molecule has 27 heavy (non-hydrogen) atoms. The van der Waals surface area contributed by atoms with Crippen LogP contribution in [0.2, 0.25) is 0 Å². The number of imidazole rings is 1. The summed E-state index contributed by atoms with van der Waals surface area (Å²) in [4.78, 5) is 17.3. The van der Waals surface area contributed by atoms with Crippen molar-refractivity contribution in [2.24, 2.45) is 13.0 Å². The number of aromatic nitrogens is 2. The van der Waals surface area contributed by atoms with Gasteiger partial charge in [0, 0.05) is 38.2 Å². The Morgan fingerprint density at radius 3 is 2.63 bits per heavy atom. The van der Waals surface area contributed by atoms with Crippen molar-refractivity contribution in [1.82, 2.24) is 14.9 Å². The largest absolute Gasteiger partial charge is 0.397 e. The molecule has 1 fully saturated rings. The fourth-order valence-electron chi connectivity index (χ4n) is 3.58. The standard InChI is InChI=1S/C20H30N6O/c1-13-4-6-14(7-5-13)25-20(27)15-10-16(21)18(22-2)11-17(15)24-12-19-23-8-9-26(19)3/h8-11,13-14,22,24H,4-7,12,21H2,1-3H3,(H,25,27). The SMILES string of the molecule is CNc1cc(NCc2nccn2C)c(C(=O)NC2CCC(C)CC2)cc1N. The molecule has 5 N–H and O–H groups in total. The second-order valence-electron chi connectivity index (χ2n) is 7.47. The van der Waals surface area contributed by atoms with Crippen LogP contribution in [-0.2, 0) is 13.6 Å². The molecular weight excluding hydrogens is 340 g/mol. The fourth-order valence-corrected chi connectivity index (χ4v) is 3.58. The lowest BCUT2D eigenvalue weighted by molar-refractivity contribution is 0.0924. The molecule has 0 aliphatic heterocycles. The molecule has 0 bridgehead atoms. The summed E-state index contributed by atoms with van der Waals surface area (Å²) in [5.74, 6) is 1.57. The van der Waals surface area contributed by atoms with Crippen LogP contribution in [-0.4, -0.2) is 28.5 Å². The van der Waals surface area contributed by atoms with E-state index in [0.717, 1.165) is 48.8 Å². The van der Waals surface area contributed by atoms with Gasteiger partial charge in [0.2, 0.25) is 0 Å². The molecule has 1 aromatic carbocycles. The molecule has 146 valence electrons. The molecule has 7 nitrogen and oxygen atoms in total. The van der Waals surface area contributed by atoms with Crippen molar-refractivity contribution in [2.45, 2.75) is 45.2 Å². The van der Waals surface area contributed by atoms with E-state index < -0.39 is 0 Å². The first-order valence-corrected chi connectivity index (χ1v) is 9.60. The average Bonchev–Trinajstić information content (AvgIpc) is 3.07. The Labute approximate surface area is 160 Å². The van der Waals surface area contributed by atoms with Crippen molar-refractivity contribution < 1.29 is 4.79 Å². The van der Waals surface area contributed by atoms with E-state index >= 15 is 0 Å². The Hall–Kier alpha value is -2.70. The molecule has 0 saturated heterocycles. The minimum absolute atomic E-state index is 0.0775. The lowest BCUT2D eigenvalue weighted by Crippen LogP contribution is -2.37. The highest BCUT2D eigenvalue weighted by Gasteiger charge is 2.22. The molecule has 1 amide bonds. The zero-order chi connectivity index (χ0) is 19.4. The van der Waals surface area contributed by atoms with E-state index in [1.54, 1.807) is 12.3 Å². The van der Waals surface area contributed by atoms with Gasteiger partial charge >= 0.3 is 0 Å². The molecule has 0 atom stereocenters. The summed E-state index contributed by atoms with van der Waals surface area (Å²) in [6.07, 6.45) is 8.06. The zero-order valence-corrected chi connectivity index (χ0v) is 16.4. The monoisotopic (exact) mass is 370 g/mol. The number of amides is 1. The number of anilines is 3. The Kier molecular flexibility index (Phi) is 5.88. The number of aryl methyl sites for hydroxylation is 1. The molecule has 1 heterocycles. The van der Waals surface area contributed by atoms with Crippen molar-refractivity contribution >= 4 is 23.0 Å². The predicted molar refractivity (Wildman–Crippen MR) is 110 cm³/mol. The number of hydrogen-bond donors (Lipinski definition) is 4. The van der Waals surface area contributed by atoms with Gasteiger partial charge in [-0.25, -0.2) is 4.98 Å². The Morgan fingerprint density at radius 1 is 1.26 bits per heavy atom. The topological polar surface area (TPSA) is 97.0 Å². The van der Waals surface area contributed by atoms with Crippen LogP contribution in [0.25, 0.3) is 0 Å². The number of nitrogen functional groups attached to an aromatic ring is 1. The molecule has 1 aliphatic carbocycles. The lowest BCUT2D eigenvalue weighted by atomic mass is 9.87. The first kappa shape index (κ1) is 19.1. The summed E-state index contributed by atoms with van der Waals surface area (Å²) in [5.41, 5.74) is 8.79. The minimum atomic E-state index is -0.0775. The highest BCUT2D eigenvalue weighted by Crippen LogP contribution is 2.29. The summed E-state index contributed by atoms with van der Waals surface area (Å²) in [6, 6.07) is 3.87. The maximum absolute atomic E-state index is 12.9. The Bertz CT molecular complexity index is 792. The zero-order valence-electron chi connectivity index (χ0n) is 16.4. The number of nitrogens with two attached hydrogens (primary N) is 1. The maximum Gasteiger partial charge on any atom is 0.253 e. The van der Waals surface area contributed by atoms with Gasteiger partial charge in [-0.05, 0) is 43.7 Å². The van der Waals surface area contributed by atoms with E-state index in [-0.39, 0.29) is 11.9 Å². The summed E-state index contributed by atoms with van der Waals surface area (Å²) < 4.78 is 1.95. The number of carbonyl (C=O) groups excluding carboxylic acids is 1. The summed E-state index contributed by atoms with van der Waals surface area (Å²) >= 11 is 0. The number of nitrogens with one attached hydrogen (secondary N) is 3. The highest BCUT2D eigenvalue weighted by molar-refractivity contribution is 6.02. The van der Waals surface area contributed by atoms with E-state index in [2.05, 4.69) is 27.9 Å².